The van der Waals surface area contributed by atoms with Gasteiger partial charge in [0.15, 0.2) is 0 Å². The Balaban J connectivity index is 3.15. The minimum atomic E-state index is -1.69. The van der Waals surface area contributed by atoms with E-state index in [9.17, 15) is 14.8 Å². The van der Waals surface area contributed by atoms with E-state index in [2.05, 4.69) is 0 Å². The average molecular weight is 284 g/mol. The molecule has 0 aliphatic rings. The summed E-state index contributed by atoms with van der Waals surface area (Å²) in [6.07, 6.45) is 0. The number of benzene rings is 1. The van der Waals surface area contributed by atoms with Crippen LogP contribution < -0.4 is 5.46 Å². The Bertz CT molecular complexity index is 455. The Labute approximate surface area is 119 Å². The van der Waals surface area contributed by atoms with Crippen LogP contribution in [-0.2, 0) is 0 Å². The highest BCUT2D eigenvalue weighted by Crippen LogP contribution is 2.14. The third-order valence-corrected chi connectivity index (χ3v) is 3.21. The monoisotopic (exact) mass is 283 g/mol. The Kier molecular flexibility index (Phi) is 5.41. The van der Waals surface area contributed by atoms with Crippen LogP contribution in [-0.4, -0.2) is 40.1 Å². The molecule has 19 heavy (non-hydrogen) atoms. The van der Waals surface area contributed by atoms with Crippen LogP contribution >= 0.6 is 11.6 Å². The van der Waals surface area contributed by atoms with Crippen LogP contribution in [0.4, 0.5) is 0 Å². The van der Waals surface area contributed by atoms with Gasteiger partial charge in [-0.25, -0.2) is 0 Å². The molecule has 0 heterocycles. The Morgan fingerprint density at radius 2 is 1.74 bits per heavy atom. The Morgan fingerprint density at radius 3 is 2.16 bits per heavy atom. The zero-order valence-corrected chi connectivity index (χ0v) is 12.3. The van der Waals surface area contributed by atoms with E-state index in [1.807, 2.05) is 27.7 Å². The van der Waals surface area contributed by atoms with E-state index >= 15 is 0 Å². The van der Waals surface area contributed by atoms with Crippen molar-refractivity contribution in [3.63, 3.8) is 0 Å². The largest absolute Gasteiger partial charge is 0.489 e. The van der Waals surface area contributed by atoms with Crippen LogP contribution in [0.3, 0.4) is 0 Å². The van der Waals surface area contributed by atoms with Gasteiger partial charge in [0.25, 0.3) is 5.91 Å². The zero-order chi connectivity index (χ0) is 14.7. The molecule has 0 aliphatic carbocycles. The molecule has 0 bridgehead atoms. The highest BCUT2D eigenvalue weighted by atomic mass is 35.5. The van der Waals surface area contributed by atoms with Gasteiger partial charge in [0.05, 0.1) is 0 Å². The van der Waals surface area contributed by atoms with Gasteiger partial charge in [-0.15, -0.1) is 0 Å². The molecule has 0 saturated carbocycles. The third-order valence-electron chi connectivity index (χ3n) is 2.87. The average Bonchev–Trinajstić information content (AvgIpc) is 2.27. The third kappa shape index (κ3) is 3.72. The topological polar surface area (TPSA) is 60.8 Å². The van der Waals surface area contributed by atoms with E-state index in [0.29, 0.717) is 5.56 Å². The zero-order valence-electron chi connectivity index (χ0n) is 11.6. The molecule has 1 amide bonds. The van der Waals surface area contributed by atoms with Crippen LogP contribution in [0.25, 0.3) is 0 Å². The normalized spacial score (nSPS) is 11.0. The number of carbonyl (C=O) groups excluding carboxylic acids is 1. The van der Waals surface area contributed by atoms with Crippen molar-refractivity contribution in [2.75, 3.05) is 0 Å². The van der Waals surface area contributed by atoms with Crippen molar-refractivity contribution in [3.05, 3.63) is 28.8 Å². The smallest absolute Gasteiger partial charge is 0.423 e. The molecular weight excluding hydrogens is 264 g/mol. The highest BCUT2D eigenvalue weighted by Gasteiger charge is 2.24. The van der Waals surface area contributed by atoms with E-state index in [1.165, 1.54) is 12.1 Å². The lowest BCUT2D eigenvalue weighted by molar-refractivity contribution is 0.0644. The van der Waals surface area contributed by atoms with Crippen LogP contribution in [0, 0.1) is 0 Å². The molecule has 0 atom stereocenters. The Hall–Kier alpha value is -1.04. The van der Waals surface area contributed by atoms with Crippen LogP contribution in [0.2, 0.25) is 5.02 Å². The molecule has 0 spiro atoms. The molecule has 0 fully saturated rings. The van der Waals surface area contributed by atoms with Gasteiger partial charge < -0.3 is 14.9 Å². The molecule has 0 saturated heterocycles. The molecule has 1 aromatic rings. The molecule has 0 radical (unpaired) electrons. The SMILES string of the molecule is CC(C)N(C(=O)c1ccc(Cl)c(B(O)O)c1)C(C)C. The van der Waals surface area contributed by atoms with Crippen LogP contribution in [0.1, 0.15) is 38.1 Å². The molecule has 6 heteroatoms. The van der Waals surface area contributed by atoms with E-state index in [0.717, 1.165) is 0 Å². The predicted octanol–water partition coefficient (Wildman–Crippen LogP) is 1.28. The quantitative estimate of drug-likeness (QED) is 0.818. The number of halogens is 1. The maximum absolute atomic E-state index is 12.4. The molecule has 104 valence electrons. The van der Waals surface area contributed by atoms with E-state index in [-0.39, 0.29) is 28.5 Å². The number of nitrogens with zero attached hydrogens (tertiary/aromatic N) is 1. The van der Waals surface area contributed by atoms with Crippen molar-refractivity contribution < 1.29 is 14.8 Å². The van der Waals surface area contributed by atoms with E-state index in [1.54, 1.807) is 11.0 Å². The minimum Gasteiger partial charge on any atom is -0.423 e. The van der Waals surface area contributed by atoms with Crippen LogP contribution in [0.5, 0.6) is 0 Å². The number of carbonyl (C=O) groups is 1. The first-order chi connectivity index (χ1) is 8.75. The summed E-state index contributed by atoms with van der Waals surface area (Å²) in [6.45, 7) is 7.76. The van der Waals surface area contributed by atoms with Crippen molar-refractivity contribution in [3.8, 4) is 0 Å². The minimum absolute atomic E-state index is 0.0608. The predicted molar refractivity (Wildman–Crippen MR) is 77.7 cm³/mol. The summed E-state index contributed by atoms with van der Waals surface area (Å²) < 4.78 is 0. The fourth-order valence-electron chi connectivity index (χ4n) is 2.09. The highest BCUT2D eigenvalue weighted by molar-refractivity contribution is 6.62. The number of hydrogen-bond acceptors (Lipinski definition) is 3. The van der Waals surface area contributed by atoms with Gasteiger partial charge in [-0.1, -0.05) is 11.6 Å². The fraction of sp³-hybridized carbons (Fsp3) is 0.462. The molecule has 1 aromatic carbocycles. The lowest BCUT2D eigenvalue weighted by atomic mass is 9.79. The van der Waals surface area contributed by atoms with Gasteiger partial charge in [-0.2, -0.15) is 0 Å². The van der Waals surface area contributed by atoms with Crippen molar-refractivity contribution in [1.29, 1.82) is 0 Å². The van der Waals surface area contributed by atoms with Gasteiger partial charge in [0.1, 0.15) is 0 Å². The van der Waals surface area contributed by atoms with Gasteiger partial charge >= 0.3 is 7.12 Å². The first-order valence-corrected chi connectivity index (χ1v) is 6.61. The summed E-state index contributed by atoms with van der Waals surface area (Å²) in [5.74, 6) is -0.149. The number of rotatable bonds is 4. The Morgan fingerprint density at radius 1 is 1.21 bits per heavy atom. The van der Waals surface area contributed by atoms with Gasteiger partial charge in [-0.3, -0.25) is 4.79 Å². The van der Waals surface area contributed by atoms with E-state index in [4.69, 9.17) is 11.6 Å². The summed E-state index contributed by atoms with van der Waals surface area (Å²) in [6, 6.07) is 4.64. The lowest BCUT2D eigenvalue weighted by Gasteiger charge is -2.31. The second kappa shape index (κ2) is 6.41. The second-order valence-corrected chi connectivity index (χ2v) is 5.42. The second-order valence-electron chi connectivity index (χ2n) is 5.01. The van der Waals surface area contributed by atoms with Crippen molar-refractivity contribution >= 4 is 30.1 Å². The van der Waals surface area contributed by atoms with E-state index < -0.39 is 7.12 Å². The summed E-state index contributed by atoms with van der Waals surface area (Å²) in [5, 5.41) is 18.7. The van der Waals surface area contributed by atoms with Gasteiger partial charge in [0.2, 0.25) is 0 Å². The molecule has 0 aliphatic heterocycles. The molecule has 2 N–H and O–H groups in total. The van der Waals surface area contributed by atoms with Crippen LogP contribution in [0.15, 0.2) is 18.2 Å². The summed E-state index contributed by atoms with van der Waals surface area (Å²) in [4.78, 5) is 14.2. The lowest BCUT2D eigenvalue weighted by Crippen LogP contribution is -2.42. The summed E-state index contributed by atoms with van der Waals surface area (Å²) in [5.41, 5.74) is 0.537. The maximum Gasteiger partial charge on any atom is 0.489 e. The van der Waals surface area contributed by atoms with Crippen molar-refractivity contribution in [2.45, 2.75) is 39.8 Å². The first-order valence-electron chi connectivity index (χ1n) is 6.24. The molecule has 0 unspecified atom stereocenters. The maximum atomic E-state index is 12.4. The summed E-state index contributed by atoms with van der Waals surface area (Å²) >= 11 is 5.86. The standard InChI is InChI=1S/C13H19BClNO3/c1-8(2)16(9(3)4)13(17)10-5-6-12(15)11(7-10)14(18)19/h5-9,18-19H,1-4H3. The number of hydrogen-bond donors (Lipinski definition) is 2. The number of amides is 1. The molecular formula is C13H19BClNO3. The van der Waals surface area contributed by atoms with Crippen molar-refractivity contribution in [1.82, 2.24) is 4.90 Å². The van der Waals surface area contributed by atoms with Crippen molar-refractivity contribution in [2.24, 2.45) is 0 Å². The fourth-order valence-corrected chi connectivity index (χ4v) is 2.30. The summed E-state index contributed by atoms with van der Waals surface area (Å²) in [7, 11) is -1.69. The van der Waals surface area contributed by atoms with Gasteiger partial charge in [0, 0.05) is 28.1 Å². The molecule has 1 rings (SSSR count). The first kappa shape index (κ1) is 16.0. The van der Waals surface area contributed by atoms with Gasteiger partial charge in [-0.05, 0) is 45.9 Å². The molecule has 0 aromatic heterocycles. The molecule has 4 nitrogen and oxygen atoms in total.